The van der Waals surface area contributed by atoms with Gasteiger partial charge < -0.3 is 14.2 Å². The van der Waals surface area contributed by atoms with Crippen molar-refractivity contribution in [1.29, 1.82) is 0 Å². The van der Waals surface area contributed by atoms with Gasteiger partial charge in [-0.25, -0.2) is 0 Å². The van der Waals surface area contributed by atoms with E-state index in [9.17, 15) is 14.4 Å². The average Bonchev–Trinajstić information content (AvgIpc) is 3.47. The molecule has 0 aliphatic rings. The van der Waals surface area contributed by atoms with Gasteiger partial charge in [-0.3, -0.25) is 14.4 Å². The fraction of sp³-hybridized carbons (Fsp3) is 0.566. The van der Waals surface area contributed by atoms with Crippen molar-refractivity contribution in [1.82, 2.24) is 0 Å². The maximum absolute atomic E-state index is 12.9. The van der Waals surface area contributed by atoms with Gasteiger partial charge in [0.2, 0.25) is 0 Å². The molecule has 0 N–H and O–H groups in total. The van der Waals surface area contributed by atoms with Crippen LogP contribution in [-0.4, -0.2) is 37.2 Å². The lowest BCUT2D eigenvalue weighted by Gasteiger charge is -2.18. The molecule has 0 saturated carbocycles. The fourth-order valence-corrected chi connectivity index (χ4v) is 8.32. The molecule has 1 atom stereocenters. The molecule has 0 heterocycles. The Balaban J connectivity index is 4.41. The van der Waals surface area contributed by atoms with Gasteiger partial charge in [-0.15, -0.1) is 0 Å². The minimum atomic E-state index is -0.815. The van der Waals surface area contributed by atoms with Crippen molar-refractivity contribution in [2.24, 2.45) is 0 Å². The summed E-state index contributed by atoms with van der Waals surface area (Å²) in [4.78, 5) is 38.2. The van der Waals surface area contributed by atoms with Crippen molar-refractivity contribution in [3.05, 3.63) is 182 Å². The van der Waals surface area contributed by atoms with E-state index in [1.165, 1.54) is 44.9 Å². The normalized spacial score (nSPS) is 13.4. The monoisotopic (exact) mass is 1130 g/mol. The first-order chi connectivity index (χ1) is 40.5. The van der Waals surface area contributed by atoms with Crippen LogP contribution in [-0.2, 0) is 28.6 Å². The molecule has 0 rings (SSSR count). The molecule has 0 aromatic heterocycles. The number of carbonyl (C=O) groups excluding carboxylic acids is 3. The highest BCUT2D eigenvalue weighted by Crippen LogP contribution is 2.14. The maximum atomic E-state index is 12.9. The number of esters is 3. The molecule has 458 valence electrons. The largest absolute Gasteiger partial charge is 0.462 e. The third kappa shape index (κ3) is 65.3. The van der Waals surface area contributed by atoms with Gasteiger partial charge in [-0.2, -0.15) is 0 Å². The summed E-state index contributed by atoms with van der Waals surface area (Å²) < 4.78 is 16.8. The van der Waals surface area contributed by atoms with E-state index in [1.54, 1.807) is 0 Å². The lowest BCUT2D eigenvalue weighted by atomic mass is 10.1. The minimum Gasteiger partial charge on any atom is -0.462 e. The Morgan fingerprint density at radius 3 is 0.756 bits per heavy atom. The standard InChI is InChI=1S/C76H118O6/c1-4-7-10-13-16-19-22-24-26-28-30-32-34-35-36-37-38-39-40-41-43-44-46-48-50-52-54-57-60-63-66-69-75(78)81-72-73(71-80-74(77)68-65-62-59-56-21-18-15-12-9-6-3)82-76(79)70-67-64-61-58-55-53-51-49-47-45-42-33-31-29-27-25-23-20-17-14-11-8-5-2/h7-8,10-11,16-17,19-20,24-27,30-33,35-36,38-39,41,43,45-48,51-54,73H,4-6,9,12-15,18,21-23,28-29,34,37,40,42,44,49-50,55-72H2,1-3H3/b10-7-,11-8-,19-16-,20-17-,26-24-,27-25-,32-30-,33-31-,36-35-,39-38-,43-41-,47-45-,48-46-,53-51-,54-52-. The second kappa shape index (κ2) is 68.0. The van der Waals surface area contributed by atoms with E-state index >= 15 is 0 Å². The van der Waals surface area contributed by atoms with Crippen LogP contribution in [0.25, 0.3) is 0 Å². The Morgan fingerprint density at radius 1 is 0.256 bits per heavy atom. The first-order valence-corrected chi connectivity index (χ1v) is 32.8. The molecule has 0 saturated heterocycles. The smallest absolute Gasteiger partial charge is 0.306 e. The zero-order valence-electron chi connectivity index (χ0n) is 52.4. The van der Waals surface area contributed by atoms with Crippen LogP contribution >= 0.6 is 0 Å². The van der Waals surface area contributed by atoms with Crippen molar-refractivity contribution in [3.8, 4) is 0 Å². The van der Waals surface area contributed by atoms with Gasteiger partial charge >= 0.3 is 17.9 Å². The van der Waals surface area contributed by atoms with Crippen molar-refractivity contribution >= 4 is 17.9 Å². The van der Waals surface area contributed by atoms with Crippen LogP contribution in [0.15, 0.2) is 182 Å². The molecule has 0 amide bonds. The zero-order valence-corrected chi connectivity index (χ0v) is 52.4. The van der Waals surface area contributed by atoms with Crippen molar-refractivity contribution in [2.75, 3.05) is 13.2 Å². The molecule has 0 aliphatic heterocycles. The van der Waals surface area contributed by atoms with Crippen LogP contribution in [0.2, 0.25) is 0 Å². The van der Waals surface area contributed by atoms with Crippen molar-refractivity contribution in [3.63, 3.8) is 0 Å². The summed E-state index contributed by atoms with van der Waals surface area (Å²) in [5, 5.41) is 0. The molecule has 6 nitrogen and oxygen atoms in total. The third-order valence-corrected chi connectivity index (χ3v) is 13.2. The molecule has 0 bridgehead atoms. The molecule has 0 aromatic rings. The first-order valence-electron chi connectivity index (χ1n) is 32.8. The summed E-state index contributed by atoms with van der Waals surface area (Å²) in [6, 6.07) is 0. The van der Waals surface area contributed by atoms with E-state index in [0.717, 1.165) is 173 Å². The molecule has 0 spiro atoms. The van der Waals surface area contributed by atoms with Gasteiger partial charge in [-0.1, -0.05) is 280 Å². The molecular formula is C76H118O6. The topological polar surface area (TPSA) is 78.9 Å². The van der Waals surface area contributed by atoms with E-state index in [2.05, 4.69) is 203 Å². The predicted octanol–water partition coefficient (Wildman–Crippen LogP) is 22.8. The fourth-order valence-electron chi connectivity index (χ4n) is 8.32. The highest BCUT2D eigenvalue weighted by Gasteiger charge is 2.19. The molecule has 0 radical (unpaired) electrons. The van der Waals surface area contributed by atoms with Crippen molar-refractivity contribution < 1.29 is 28.6 Å². The van der Waals surface area contributed by atoms with E-state index in [1.807, 2.05) is 0 Å². The zero-order chi connectivity index (χ0) is 59.2. The minimum absolute atomic E-state index is 0.106. The molecule has 6 heteroatoms. The third-order valence-electron chi connectivity index (χ3n) is 13.2. The van der Waals surface area contributed by atoms with Crippen LogP contribution < -0.4 is 0 Å². The number of unbranched alkanes of at least 4 members (excludes halogenated alkanes) is 16. The predicted molar refractivity (Wildman–Crippen MR) is 357 cm³/mol. The quantitative estimate of drug-likeness (QED) is 0.0261. The molecule has 0 aliphatic carbocycles. The van der Waals surface area contributed by atoms with Crippen molar-refractivity contribution in [2.45, 2.75) is 264 Å². The Morgan fingerprint density at radius 2 is 0.476 bits per heavy atom. The van der Waals surface area contributed by atoms with Gasteiger partial charge in [0.1, 0.15) is 13.2 Å². The second-order valence-electron chi connectivity index (χ2n) is 20.9. The summed E-state index contributed by atoms with van der Waals surface area (Å²) in [6.45, 7) is 6.34. The molecular weight excluding hydrogens is 1010 g/mol. The van der Waals surface area contributed by atoms with Crippen LogP contribution in [0.1, 0.15) is 258 Å². The summed E-state index contributed by atoms with van der Waals surface area (Å²) in [6.07, 6.45) is 102. The maximum Gasteiger partial charge on any atom is 0.306 e. The Hall–Kier alpha value is -5.49. The van der Waals surface area contributed by atoms with E-state index < -0.39 is 6.10 Å². The summed E-state index contributed by atoms with van der Waals surface area (Å²) >= 11 is 0. The highest BCUT2D eigenvalue weighted by molar-refractivity contribution is 5.71. The molecule has 82 heavy (non-hydrogen) atoms. The number of carbonyl (C=O) groups is 3. The van der Waals surface area contributed by atoms with Gasteiger partial charge in [0, 0.05) is 19.3 Å². The SMILES string of the molecule is CC/C=C\C/C=C\C/C=C\C/C=C\C/C=C\C/C=C\C/C=C\C/C=C\C/C=C\CCCCCC(=O)OCC(COC(=O)CCCCCCCCCCCC)OC(=O)CCCCCC/C=C\C/C=C\C/C=C\C/C=C\C/C=C\C/C=C\CC. The van der Waals surface area contributed by atoms with Gasteiger partial charge in [0.25, 0.3) is 0 Å². The van der Waals surface area contributed by atoms with Gasteiger partial charge in [-0.05, 0) is 141 Å². The van der Waals surface area contributed by atoms with E-state index in [0.29, 0.717) is 12.8 Å². The van der Waals surface area contributed by atoms with Crippen LogP contribution in [0.3, 0.4) is 0 Å². The summed E-state index contributed by atoms with van der Waals surface area (Å²) in [5.74, 6) is -0.974. The molecule has 0 fully saturated rings. The summed E-state index contributed by atoms with van der Waals surface area (Å²) in [7, 11) is 0. The Bertz CT molecular complexity index is 1920. The van der Waals surface area contributed by atoms with Gasteiger partial charge in [0.15, 0.2) is 6.10 Å². The molecule has 1 unspecified atom stereocenters. The lowest BCUT2D eigenvalue weighted by Crippen LogP contribution is -2.30. The molecule has 0 aromatic carbocycles. The Kier molecular flexibility index (Phi) is 63.5. The average molecular weight is 1130 g/mol. The Labute approximate surface area is 504 Å². The second-order valence-corrected chi connectivity index (χ2v) is 20.9. The van der Waals surface area contributed by atoms with E-state index in [-0.39, 0.29) is 37.5 Å². The van der Waals surface area contributed by atoms with Gasteiger partial charge in [0.05, 0.1) is 0 Å². The van der Waals surface area contributed by atoms with Crippen LogP contribution in [0.4, 0.5) is 0 Å². The lowest BCUT2D eigenvalue weighted by molar-refractivity contribution is -0.167. The van der Waals surface area contributed by atoms with Crippen LogP contribution in [0.5, 0.6) is 0 Å². The number of hydrogen-bond donors (Lipinski definition) is 0. The highest BCUT2D eigenvalue weighted by atomic mass is 16.6. The van der Waals surface area contributed by atoms with Crippen LogP contribution in [0, 0.1) is 0 Å². The summed E-state index contributed by atoms with van der Waals surface area (Å²) in [5.41, 5.74) is 0. The number of hydrogen-bond acceptors (Lipinski definition) is 6. The first kappa shape index (κ1) is 76.5. The number of ether oxygens (including phenoxy) is 3. The van der Waals surface area contributed by atoms with E-state index in [4.69, 9.17) is 14.2 Å². The number of allylic oxidation sites excluding steroid dienone is 30. The number of rotatable bonds is 57.